The SMILES string of the molecule is Cc1ccc(C)c(NC(=O)C2(CN)CCCCC2)c1. The molecular formula is C16H24N2O. The van der Waals surface area contributed by atoms with Crippen LogP contribution < -0.4 is 11.1 Å². The van der Waals surface area contributed by atoms with Gasteiger partial charge in [-0.1, -0.05) is 31.4 Å². The van der Waals surface area contributed by atoms with Crippen LogP contribution in [0, 0.1) is 19.3 Å². The van der Waals surface area contributed by atoms with E-state index in [1.165, 1.54) is 6.42 Å². The van der Waals surface area contributed by atoms with Crippen molar-refractivity contribution >= 4 is 11.6 Å². The van der Waals surface area contributed by atoms with Crippen molar-refractivity contribution in [1.29, 1.82) is 0 Å². The number of amides is 1. The maximum absolute atomic E-state index is 12.6. The molecule has 1 aromatic rings. The van der Waals surface area contributed by atoms with Gasteiger partial charge in [0.05, 0.1) is 5.41 Å². The van der Waals surface area contributed by atoms with Gasteiger partial charge in [0.2, 0.25) is 5.91 Å². The number of rotatable bonds is 3. The molecule has 1 aromatic carbocycles. The number of carbonyl (C=O) groups excluding carboxylic acids is 1. The van der Waals surface area contributed by atoms with Crippen LogP contribution >= 0.6 is 0 Å². The van der Waals surface area contributed by atoms with Gasteiger partial charge in [0.1, 0.15) is 0 Å². The molecule has 0 heterocycles. The minimum Gasteiger partial charge on any atom is -0.329 e. The third-order valence-corrected chi connectivity index (χ3v) is 4.32. The summed E-state index contributed by atoms with van der Waals surface area (Å²) in [5, 5.41) is 3.09. The second kappa shape index (κ2) is 5.74. The molecule has 0 aliphatic heterocycles. The fraction of sp³-hybridized carbons (Fsp3) is 0.562. The van der Waals surface area contributed by atoms with Gasteiger partial charge in [-0.15, -0.1) is 0 Å². The summed E-state index contributed by atoms with van der Waals surface area (Å²) in [6.07, 6.45) is 5.27. The van der Waals surface area contributed by atoms with Crippen molar-refractivity contribution in [3.05, 3.63) is 29.3 Å². The van der Waals surface area contributed by atoms with Crippen LogP contribution in [0.15, 0.2) is 18.2 Å². The molecule has 3 heteroatoms. The third kappa shape index (κ3) is 2.98. The second-order valence-electron chi connectivity index (χ2n) is 5.82. The summed E-state index contributed by atoms with van der Waals surface area (Å²) >= 11 is 0. The van der Waals surface area contributed by atoms with Crippen LogP contribution in [-0.2, 0) is 4.79 Å². The fourth-order valence-electron chi connectivity index (χ4n) is 2.88. The van der Waals surface area contributed by atoms with E-state index in [1.54, 1.807) is 0 Å². The van der Waals surface area contributed by atoms with Gasteiger partial charge < -0.3 is 11.1 Å². The van der Waals surface area contributed by atoms with Crippen LogP contribution in [-0.4, -0.2) is 12.5 Å². The van der Waals surface area contributed by atoms with Gasteiger partial charge in [-0.05, 0) is 43.9 Å². The molecule has 1 aliphatic carbocycles. The lowest BCUT2D eigenvalue weighted by Crippen LogP contribution is -2.43. The van der Waals surface area contributed by atoms with Crippen LogP contribution in [0.2, 0.25) is 0 Å². The lowest BCUT2D eigenvalue weighted by molar-refractivity contribution is -0.126. The van der Waals surface area contributed by atoms with E-state index >= 15 is 0 Å². The number of nitrogens with two attached hydrogens (primary N) is 1. The average Bonchev–Trinajstić information content (AvgIpc) is 2.43. The molecule has 0 atom stereocenters. The molecule has 1 aliphatic rings. The first-order valence-corrected chi connectivity index (χ1v) is 7.16. The molecule has 104 valence electrons. The van der Waals surface area contributed by atoms with Crippen LogP contribution in [0.4, 0.5) is 5.69 Å². The standard InChI is InChI=1S/C16H24N2O/c1-12-6-7-13(2)14(10-12)18-15(19)16(11-17)8-4-3-5-9-16/h6-7,10H,3-5,8-9,11,17H2,1-2H3,(H,18,19). The summed E-state index contributed by atoms with van der Waals surface area (Å²) < 4.78 is 0. The molecule has 0 saturated heterocycles. The molecule has 0 unspecified atom stereocenters. The van der Waals surface area contributed by atoms with Gasteiger partial charge >= 0.3 is 0 Å². The fourth-order valence-corrected chi connectivity index (χ4v) is 2.88. The summed E-state index contributed by atoms with van der Waals surface area (Å²) in [6, 6.07) is 6.13. The zero-order valence-corrected chi connectivity index (χ0v) is 12.0. The molecule has 0 radical (unpaired) electrons. The van der Waals surface area contributed by atoms with Crippen molar-refractivity contribution < 1.29 is 4.79 Å². The summed E-state index contributed by atoms with van der Waals surface area (Å²) in [5.41, 5.74) is 8.72. The van der Waals surface area contributed by atoms with Crippen LogP contribution in [0.25, 0.3) is 0 Å². The quantitative estimate of drug-likeness (QED) is 0.877. The molecule has 1 fully saturated rings. The number of carbonyl (C=O) groups is 1. The third-order valence-electron chi connectivity index (χ3n) is 4.32. The van der Waals surface area contributed by atoms with E-state index in [0.717, 1.165) is 42.5 Å². The molecule has 19 heavy (non-hydrogen) atoms. The van der Waals surface area contributed by atoms with Gasteiger partial charge in [-0.3, -0.25) is 4.79 Å². The molecule has 1 saturated carbocycles. The van der Waals surface area contributed by atoms with Gasteiger partial charge in [-0.2, -0.15) is 0 Å². The molecule has 3 nitrogen and oxygen atoms in total. The van der Waals surface area contributed by atoms with E-state index in [2.05, 4.69) is 11.4 Å². The highest BCUT2D eigenvalue weighted by atomic mass is 16.2. The first-order chi connectivity index (χ1) is 9.07. The average molecular weight is 260 g/mol. The Bertz CT molecular complexity index is 462. The first kappa shape index (κ1) is 14.1. The van der Waals surface area contributed by atoms with Crippen LogP contribution in [0.5, 0.6) is 0 Å². The van der Waals surface area contributed by atoms with Crippen molar-refractivity contribution in [1.82, 2.24) is 0 Å². The van der Waals surface area contributed by atoms with Gasteiger partial charge in [0.15, 0.2) is 0 Å². The van der Waals surface area contributed by atoms with E-state index in [9.17, 15) is 4.79 Å². The Labute approximate surface area is 115 Å². The maximum Gasteiger partial charge on any atom is 0.231 e. The van der Waals surface area contributed by atoms with E-state index in [4.69, 9.17) is 5.73 Å². The summed E-state index contributed by atoms with van der Waals surface area (Å²) in [6.45, 7) is 4.50. The Morgan fingerprint density at radius 1 is 1.26 bits per heavy atom. The van der Waals surface area contributed by atoms with Crippen molar-refractivity contribution in [2.24, 2.45) is 11.1 Å². The Balaban J connectivity index is 2.17. The van der Waals surface area contributed by atoms with Crippen molar-refractivity contribution in [2.75, 3.05) is 11.9 Å². The number of hydrogen-bond donors (Lipinski definition) is 2. The second-order valence-corrected chi connectivity index (χ2v) is 5.82. The van der Waals surface area contributed by atoms with Crippen molar-refractivity contribution in [3.63, 3.8) is 0 Å². The Morgan fingerprint density at radius 2 is 1.95 bits per heavy atom. The zero-order valence-electron chi connectivity index (χ0n) is 12.0. The normalized spacial score (nSPS) is 18.1. The monoisotopic (exact) mass is 260 g/mol. The Morgan fingerprint density at radius 3 is 2.58 bits per heavy atom. The molecule has 2 rings (SSSR count). The van der Waals surface area contributed by atoms with Gasteiger partial charge in [0, 0.05) is 12.2 Å². The van der Waals surface area contributed by atoms with Crippen molar-refractivity contribution in [2.45, 2.75) is 46.0 Å². The number of hydrogen-bond acceptors (Lipinski definition) is 2. The van der Waals surface area contributed by atoms with E-state index < -0.39 is 0 Å². The Hall–Kier alpha value is -1.35. The highest BCUT2D eigenvalue weighted by Gasteiger charge is 2.38. The number of benzene rings is 1. The number of aryl methyl sites for hydroxylation is 2. The molecule has 0 spiro atoms. The van der Waals surface area contributed by atoms with Crippen LogP contribution in [0.1, 0.15) is 43.2 Å². The van der Waals surface area contributed by atoms with E-state index in [-0.39, 0.29) is 11.3 Å². The molecule has 3 N–H and O–H groups in total. The largest absolute Gasteiger partial charge is 0.329 e. The first-order valence-electron chi connectivity index (χ1n) is 7.16. The minimum absolute atomic E-state index is 0.100. The predicted octanol–water partition coefficient (Wildman–Crippen LogP) is 3.15. The van der Waals surface area contributed by atoms with Gasteiger partial charge in [0.25, 0.3) is 0 Å². The Kier molecular flexibility index (Phi) is 4.25. The number of nitrogens with one attached hydrogen (secondary N) is 1. The van der Waals surface area contributed by atoms with E-state index in [1.807, 2.05) is 26.0 Å². The maximum atomic E-state index is 12.6. The molecular weight excluding hydrogens is 236 g/mol. The topological polar surface area (TPSA) is 55.1 Å². The highest BCUT2D eigenvalue weighted by molar-refractivity contribution is 5.96. The van der Waals surface area contributed by atoms with Gasteiger partial charge in [-0.25, -0.2) is 0 Å². The van der Waals surface area contributed by atoms with Crippen molar-refractivity contribution in [3.8, 4) is 0 Å². The lowest BCUT2D eigenvalue weighted by Gasteiger charge is -2.34. The van der Waals surface area contributed by atoms with Crippen LogP contribution in [0.3, 0.4) is 0 Å². The van der Waals surface area contributed by atoms with E-state index in [0.29, 0.717) is 6.54 Å². The zero-order chi connectivity index (χ0) is 13.9. The predicted molar refractivity (Wildman–Crippen MR) is 79.1 cm³/mol. The summed E-state index contributed by atoms with van der Waals surface area (Å²) in [7, 11) is 0. The number of anilines is 1. The summed E-state index contributed by atoms with van der Waals surface area (Å²) in [4.78, 5) is 12.6. The smallest absolute Gasteiger partial charge is 0.231 e. The highest BCUT2D eigenvalue weighted by Crippen LogP contribution is 2.36. The summed E-state index contributed by atoms with van der Waals surface area (Å²) in [5.74, 6) is 0.100. The minimum atomic E-state index is -0.353. The molecule has 0 bridgehead atoms. The lowest BCUT2D eigenvalue weighted by atomic mass is 9.73. The molecule has 0 aromatic heterocycles. The molecule has 1 amide bonds.